The molecule has 0 saturated carbocycles. The highest BCUT2D eigenvalue weighted by Gasteiger charge is 2.28. The third-order valence-corrected chi connectivity index (χ3v) is 4.90. The molecule has 0 bridgehead atoms. The van der Waals surface area contributed by atoms with Gasteiger partial charge in [0.2, 0.25) is 11.8 Å². The number of nitrogens with zero attached hydrogens (tertiary/aromatic N) is 1. The number of hydrogen-bond donors (Lipinski definition) is 2. The number of ether oxygens (including phenoxy) is 1. The highest BCUT2D eigenvalue weighted by atomic mass is 35.5. The van der Waals surface area contributed by atoms with Gasteiger partial charge in [-0.2, -0.15) is 0 Å². The lowest BCUT2D eigenvalue weighted by Crippen LogP contribution is -2.50. The molecule has 2 aliphatic heterocycles. The number of carbonyl (C=O) groups is 2. The monoisotopic (exact) mass is 367 g/mol. The van der Waals surface area contributed by atoms with Gasteiger partial charge in [0, 0.05) is 25.4 Å². The van der Waals surface area contributed by atoms with Gasteiger partial charge in [0.15, 0.2) is 0 Å². The molecule has 3 rings (SSSR count). The second-order valence-electron chi connectivity index (χ2n) is 6.47. The van der Waals surface area contributed by atoms with Crippen LogP contribution in [0.4, 0.5) is 5.69 Å². The van der Waals surface area contributed by atoms with Crippen LogP contribution in [0.1, 0.15) is 24.8 Å². The van der Waals surface area contributed by atoms with E-state index < -0.39 is 6.04 Å². The summed E-state index contributed by atoms with van der Waals surface area (Å²) in [5.74, 6) is -0.209. The van der Waals surface area contributed by atoms with Crippen LogP contribution in [0.5, 0.6) is 0 Å². The molecule has 6 nitrogen and oxygen atoms in total. The van der Waals surface area contributed by atoms with Gasteiger partial charge in [-0.3, -0.25) is 9.59 Å². The topological polar surface area (TPSA) is 84.7 Å². The summed E-state index contributed by atoms with van der Waals surface area (Å²) in [6.45, 7) is 1.98. The van der Waals surface area contributed by atoms with Gasteiger partial charge in [-0.25, -0.2) is 0 Å². The van der Waals surface area contributed by atoms with E-state index in [0.717, 1.165) is 31.4 Å². The predicted molar refractivity (Wildman–Crippen MR) is 98.9 cm³/mol. The normalized spacial score (nSPS) is 18.7. The molecule has 1 fully saturated rings. The number of carbonyl (C=O) groups excluding carboxylic acids is 2. The summed E-state index contributed by atoms with van der Waals surface area (Å²) in [5.41, 5.74) is 8.18. The Morgan fingerprint density at radius 2 is 2.00 bits per heavy atom. The number of halogens is 1. The van der Waals surface area contributed by atoms with Crippen LogP contribution in [-0.4, -0.2) is 44.2 Å². The molecular formula is C18H26ClN3O3. The fourth-order valence-electron chi connectivity index (χ4n) is 3.46. The van der Waals surface area contributed by atoms with Gasteiger partial charge in [0.05, 0.1) is 12.6 Å². The van der Waals surface area contributed by atoms with Crippen molar-refractivity contribution in [3.8, 4) is 0 Å². The van der Waals surface area contributed by atoms with Gasteiger partial charge in [-0.05, 0) is 43.2 Å². The third-order valence-electron chi connectivity index (χ3n) is 4.90. The van der Waals surface area contributed by atoms with Crippen LogP contribution < -0.4 is 16.0 Å². The molecule has 2 amide bonds. The first-order chi connectivity index (χ1) is 11.7. The predicted octanol–water partition coefficient (Wildman–Crippen LogP) is 1.26. The summed E-state index contributed by atoms with van der Waals surface area (Å²) in [6, 6.07) is 7.36. The Balaban J connectivity index is 0.00000225. The summed E-state index contributed by atoms with van der Waals surface area (Å²) in [4.78, 5) is 26.5. The molecule has 1 aromatic rings. The highest BCUT2D eigenvalue weighted by Crippen LogP contribution is 2.26. The molecule has 1 saturated heterocycles. The Labute approximate surface area is 154 Å². The quantitative estimate of drug-likeness (QED) is 0.839. The Morgan fingerprint density at radius 1 is 1.28 bits per heavy atom. The first-order valence-corrected chi connectivity index (χ1v) is 8.66. The number of aryl methyl sites for hydroxylation is 1. The smallest absolute Gasteiger partial charge is 0.246 e. The van der Waals surface area contributed by atoms with Crippen LogP contribution in [0, 0.1) is 5.92 Å². The summed E-state index contributed by atoms with van der Waals surface area (Å²) in [7, 11) is 0. The van der Waals surface area contributed by atoms with E-state index >= 15 is 0 Å². The van der Waals surface area contributed by atoms with E-state index in [2.05, 4.69) is 11.4 Å². The van der Waals surface area contributed by atoms with Crippen LogP contribution in [0.2, 0.25) is 0 Å². The molecule has 0 aromatic heterocycles. The van der Waals surface area contributed by atoms with Crippen LogP contribution in [0.25, 0.3) is 0 Å². The molecule has 0 spiro atoms. The maximum Gasteiger partial charge on any atom is 0.246 e. The molecule has 3 N–H and O–H groups in total. The van der Waals surface area contributed by atoms with Gasteiger partial charge < -0.3 is 20.7 Å². The second-order valence-corrected chi connectivity index (χ2v) is 6.47. The van der Waals surface area contributed by atoms with Crippen molar-refractivity contribution >= 4 is 29.9 Å². The summed E-state index contributed by atoms with van der Waals surface area (Å²) in [6.07, 6.45) is 3.52. The molecule has 0 aliphatic carbocycles. The van der Waals surface area contributed by atoms with Crippen molar-refractivity contribution in [3.05, 3.63) is 29.8 Å². The van der Waals surface area contributed by atoms with E-state index in [1.807, 2.05) is 18.2 Å². The second kappa shape index (κ2) is 9.17. The first kappa shape index (κ1) is 19.7. The number of para-hydroxylation sites is 1. The lowest BCUT2D eigenvalue weighted by Gasteiger charge is -2.30. The first-order valence-electron chi connectivity index (χ1n) is 8.66. The minimum Gasteiger partial charge on any atom is -0.381 e. The van der Waals surface area contributed by atoms with E-state index in [4.69, 9.17) is 10.5 Å². The summed E-state index contributed by atoms with van der Waals surface area (Å²) < 4.78 is 5.29. The Morgan fingerprint density at radius 3 is 2.76 bits per heavy atom. The van der Waals surface area contributed by atoms with E-state index in [1.165, 1.54) is 5.56 Å². The fraction of sp³-hybridized carbons (Fsp3) is 0.556. The number of fused-ring (bicyclic) bond motifs is 1. The Bertz CT molecular complexity index is 605. The number of anilines is 1. The molecule has 25 heavy (non-hydrogen) atoms. The van der Waals surface area contributed by atoms with Gasteiger partial charge in [-0.15, -0.1) is 12.4 Å². The van der Waals surface area contributed by atoms with Gasteiger partial charge in [-0.1, -0.05) is 18.2 Å². The van der Waals surface area contributed by atoms with Crippen LogP contribution in [0.3, 0.4) is 0 Å². The van der Waals surface area contributed by atoms with Crippen molar-refractivity contribution in [1.29, 1.82) is 0 Å². The fourth-order valence-corrected chi connectivity index (χ4v) is 3.46. The number of amides is 2. The van der Waals surface area contributed by atoms with E-state index in [0.29, 0.717) is 19.8 Å². The molecule has 138 valence electrons. The Hall–Kier alpha value is -1.63. The van der Waals surface area contributed by atoms with Crippen molar-refractivity contribution in [2.45, 2.75) is 31.7 Å². The van der Waals surface area contributed by atoms with E-state index in [1.54, 1.807) is 4.90 Å². The molecular weight excluding hydrogens is 342 g/mol. The molecule has 7 heteroatoms. The molecule has 1 atom stereocenters. The SMILES string of the molecule is Cl.NC(C(=O)NCC(=O)N1CCCc2ccccc21)C1CCOCC1. The zero-order valence-corrected chi connectivity index (χ0v) is 15.1. The van der Waals surface area contributed by atoms with Crippen molar-refractivity contribution in [2.24, 2.45) is 11.7 Å². The van der Waals surface area contributed by atoms with Crippen molar-refractivity contribution < 1.29 is 14.3 Å². The van der Waals surface area contributed by atoms with E-state index in [-0.39, 0.29) is 36.7 Å². The summed E-state index contributed by atoms with van der Waals surface area (Å²) in [5, 5.41) is 2.71. The van der Waals surface area contributed by atoms with Crippen molar-refractivity contribution in [1.82, 2.24) is 5.32 Å². The minimum absolute atomic E-state index is 0. The zero-order chi connectivity index (χ0) is 16.9. The van der Waals surface area contributed by atoms with Gasteiger partial charge in [0.25, 0.3) is 0 Å². The van der Waals surface area contributed by atoms with Crippen LogP contribution in [-0.2, 0) is 20.7 Å². The van der Waals surface area contributed by atoms with Crippen molar-refractivity contribution in [2.75, 3.05) is 31.2 Å². The minimum atomic E-state index is -0.574. The largest absolute Gasteiger partial charge is 0.381 e. The number of hydrogen-bond acceptors (Lipinski definition) is 4. The van der Waals surface area contributed by atoms with E-state index in [9.17, 15) is 9.59 Å². The van der Waals surface area contributed by atoms with Gasteiger partial charge >= 0.3 is 0 Å². The zero-order valence-electron chi connectivity index (χ0n) is 14.3. The molecule has 2 aliphatic rings. The molecule has 0 radical (unpaired) electrons. The summed E-state index contributed by atoms with van der Waals surface area (Å²) >= 11 is 0. The highest BCUT2D eigenvalue weighted by molar-refractivity contribution is 5.98. The molecule has 1 aromatic carbocycles. The molecule has 2 heterocycles. The number of benzene rings is 1. The van der Waals surface area contributed by atoms with Crippen LogP contribution >= 0.6 is 12.4 Å². The average Bonchev–Trinajstić information content (AvgIpc) is 2.65. The maximum atomic E-state index is 12.5. The third kappa shape index (κ3) is 4.71. The molecule has 1 unspecified atom stereocenters. The Kier molecular flexibility index (Phi) is 7.23. The number of nitrogens with one attached hydrogen (secondary N) is 1. The maximum absolute atomic E-state index is 12.5. The number of nitrogens with two attached hydrogens (primary N) is 1. The number of rotatable bonds is 4. The van der Waals surface area contributed by atoms with Crippen molar-refractivity contribution in [3.63, 3.8) is 0 Å². The standard InChI is InChI=1S/C18H25N3O3.ClH/c19-17(14-7-10-24-11-8-14)18(23)20-12-16(22)21-9-3-5-13-4-1-2-6-15(13)21;/h1-2,4,6,14,17H,3,5,7-12,19H2,(H,20,23);1H. The van der Waals surface area contributed by atoms with Gasteiger partial charge in [0.1, 0.15) is 0 Å². The van der Waals surface area contributed by atoms with Crippen LogP contribution in [0.15, 0.2) is 24.3 Å². The lowest BCUT2D eigenvalue weighted by molar-refractivity contribution is -0.127. The average molecular weight is 368 g/mol. The lowest BCUT2D eigenvalue weighted by atomic mass is 9.92.